The number of anilines is 1. The van der Waals surface area contributed by atoms with E-state index in [1.807, 2.05) is 30.3 Å². The molecule has 0 N–H and O–H groups in total. The molecule has 166 valence electrons. The van der Waals surface area contributed by atoms with Gasteiger partial charge in [-0.15, -0.1) is 17.0 Å². The summed E-state index contributed by atoms with van der Waals surface area (Å²) < 4.78 is 0. The van der Waals surface area contributed by atoms with E-state index in [-0.39, 0.29) is 28.8 Å². The van der Waals surface area contributed by atoms with E-state index < -0.39 is 0 Å². The van der Waals surface area contributed by atoms with Gasteiger partial charge >= 0.3 is 0 Å². The molecule has 2 aromatic carbocycles. The first-order valence-electron chi connectivity index (χ1n) is 10.8. The van der Waals surface area contributed by atoms with E-state index in [9.17, 15) is 9.59 Å². The Hall–Kier alpha value is -1.89. The summed E-state index contributed by atoms with van der Waals surface area (Å²) in [5.74, 6) is -0.293. The third-order valence-corrected chi connectivity index (χ3v) is 6.37. The van der Waals surface area contributed by atoms with Gasteiger partial charge in [0.1, 0.15) is 0 Å². The quantitative estimate of drug-likeness (QED) is 0.377. The molecule has 4 rings (SSSR count). The van der Waals surface area contributed by atoms with E-state index in [4.69, 9.17) is 11.6 Å². The Balaban J connectivity index is 0.00000272. The standard InChI is InChI=1S/C24H28ClN3O2.BrH/c25-21-11-5-6-12-22(21)27-17-15-26(16-18-27)13-7-1-2-8-14-28-23(29)19-9-3-4-10-20(19)24(28)30;/h3-6,9-12H,1-2,7-8,13-18H2;1H. The number of piperazine rings is 1. The maximum absolute atomic E-state index is 12.4. The molecule has 31 heavy (non-hydrogen) atoms. The first kappa shape index (κ1) is 23.8. The lowest BCUT2D eigenvalue weighted by Gasteiger charge is -2.36. The number of halogens is 2. The SMILES string of the molecule is Br.O=C1c2ccccc2C(=O)N1CCCCCCN1CCN(c2ccccc2Cl)CC1. The van der Waals surface area contributed by atoms with Gasteiger partial charge in [0.15, 0.2) is 0 Å². The number of carbonyl (C=O) groups excluding carboxylic acids is 2. The van der Waals surface area contributed by atoms with Gasteiger partial charge in [0.2, 0.25) is 0 Å². The topological polar surface area (TPSA) is 43.9 Å². The molecule has 0 radical (unpaired) electrons. The van der Waals surface area contributed by atoms with E-state index in [0.29, 0.717) is 17.7 Å². The van der Waals surface area contributed by atoms with Gasteiger partial charge in [-0.3, -0.25) is 19.4 Å². The Kier molecular flexibility index (Phi) is 8.52. The highest BCUT2D eigenvalue weighted by atomic mass is 79.9. The molecule has 0 saturated carbocycles. The van der Waals surface area contributed by atoms with Crippen LogP contribution in [-0.2, 0) is 0 Å². The summed E-state index contributed by atoms with van der Waals surface area (Å²) in [6.07, 6.45) is 4.17. The van der Waals surface area contributed by atoms with Crippen LogP contribution in [0.25, 0.3) is 0 Å². The lowest BCUT2D eigenvalue weighted by molar-refractivity contribution is 0.0651. The molecule has 5 nitrogen and oxygen atoms in total. The first-order chi connectivity index (χ1) is 14.6. The van der Waals surface area contributed by atoms with Crippen LogP contribution >= 0.6 is 28.6 Å². The number of fused-ring (bicyclic) bond motifs is 1. The molecule has 0 atom stereocenters. The first-order valence-corrected chi connectivity index (χ1v) is 11.2. The van der Waals surface area contributed by atoms with Crippen LogP contribution in [0, 0.1) is 0 Å². The fraction of sp³-hybridized carbons (Fsp3) is 0.417. The van der Waals surface area contributed by atoms with Gasteiger partial charge in [-0.25, -0.2) is 0 Å². The van der Waals surface area contributed by atoms with Crippen LogP contribution in [0.15, 0.2) is 48.5 Å². The number of hydrogen-bond acceptors (Lipinski definition) is 4. The number of benzene rings is 2. The molecule has 2 amide bonds. The highest BCUT2D eigenvalue weighted by molar-refractivity contribution is 8.93. The number of rotatable bonds is 8. The Labute approximate surface area is 199 Å². The van der Waals surface area contributed by atoms with E-state index in [1.54, 1.807) is 12.1 Å². The zero-order valence-corrected chi connectivity index (χ0v) is 20.1. The Morgan fingerprint density at radius 2 is 1.26 bits per heavy atom. The van der Waals surface area contributed by atoms with E-state index >= 15 is 0 Å². The Morgan fingerprint density at radius 3 is 1.87 bits per heavy atom. The van der Waals surface area contributed by atoms with Crippen LogP contribution in [0.3, 0.4) is 0 Å². The molecule has 2 heterocycles. The molecule has 2 aliphatic rings. The predicted molar refractivity (Wildman–Crippen MR) is 131 cm³/mol. The third-order valence-electron chi connectivity index (χ3n) is 6.05. The van der Waals surface area contributed by atoms with Crippen LogP contribution < -0.4 is 4.90 Å². The van der Waals surface area contributed by atoms with Gasteiger partial charge in [0.25, 0.3) is 11.8 Å². The lowest BCUT2D eigenvalue weighted by atomic mass is 10.1. The highest BCUT2D eigenvalue weighted by Crippen LogP contribution is 2.26. The zero-order valence-electron chi connectivity index (χ0n) is 17.6. The summed E-state index contributed by atoms with van der Waals surface area (Å²) in [6, 6.07) is 15.1. The van der Waals surface area contributed by atoms with Gasteiger partial charge in [-0.05, 0) is 43.7 Å². The lowest BCUT2D eigenvalue weighted by Crippen LogP contribution is -2.46. The van der Waals surface area contributed by atoms with E-state index in [2.05, 4.69) is 15.9 Å². The van der Waals surface area contributed by atoms with Crippen LogP contribution in [0.4, 0.5) is 5.69 Å². The second kappa shape index (κ2) is 11.1. The van der Waals surface area contributed by atoms with Gasteiger partial charge in [0, 0.05) is 32.7 Å². The van der Waals surface area contributed by atoms with Crippen molar-refractivity contribution in [1.82, 2.24) is 9.80 Å². The smallest absolute Gasteiger partial charge is 0.261 e. The monoisotopic (exact) mass is 505 g/mol. The molecule has 0 unspecified atom stereocenters. The molecular weight excluding hydrogens is 478 g/mol. The Morgan fingerprint density at radius 1 is 0.710 bits per heavy atom. The molecule has 0 bridgehead atoms. The van der Waals surface area contributed by atoms with Crippen molar-refractivity contribution in [3.8, 4) is 0 Å². The molecule has 0 spiro atoms. The van der Waals surface area contributed by atoms with Crippen LogP contribution in [0.2, 0.25) is 5.02 Å². The van der Waals surface area contributed by atoms with Gasteiger partial charge in [-0.2, -0.15) is 0 Å². The van der Waals surface area contributed by atoms with Gasteiger partial charge in [-0.1, -0.05) is 48.7 Å². The largest absolute Gasteiger partial charge is 0.368 e. The minimum Gasteiger partial charge on any atom is -0.368 e. The molecular formula is C24H29BrClN3O2. The number of carbonyl (C=O) groups is 2. The number of amides is 2. The number of imide groups is 1. The second-order valence-corrected chi connectivity index (χ2v) is 8.41. The second-order valence-electron chi connectivity index (χ2n) is 8.00. The van der Waals surface area contributed by atoms with E-state index in [0.717, 1.165) is 69.1 Å². The average molecular weight is 507 g/mol. The van der Waals surface area contributed by atoms with Crippen LogP contribution in [0.5, 0.6) is 0 Å². The van der Waals surface area contributed by atoms with Crippen molar-refractivity contribution in [3.05, 3.63) is 64.7 Å². The van der Waals surface area contributed by atoms with Crippen LogP contribution in [-0.4, -0.2) is 60.9 Å². The summed E-state index contributed by atoms with van der Waals surface area (Å²) in [7, 11) is 0. The normalized spacial score (nSPS) is 16.4. The van der Waals surface area contributed by atoms with Gasteiger partial charge in [0.05, 0.1) is 21.8 Å². The molecule has 0 aliphatic carbocycles. The maximum Gasteiger partial charge on any atom is 0.261 e. The number of hydrogen-bond donors (Lipinski definition) is 0. The summed E-state index contributed by atoms with van der Waals surface area (Å²) in [6.45, 7) is 5.74. The van der Waals surface area contributed by atoms with Crippen molar-refractivity contribution in [2.45, 2.75) is 25.7 Å². The van der Waals surface area contributed by atoms with E-state index in [1.165, 1.54) is 4.90 Å². The molecule has 7 heteroatoms. The van der Waals surface area contributed by atoms with Crippen molar-refractivity contribution in [3.63, 3.8) is 0 Å². The molecule has 1 saturated heterocycles. The summed E-state index contributed by atoms with van der Waals surface area (Å²) in [4.78, 5) is 31.0. The van der Waals surface area contributed by atoms with Crippen molar-refractivity contribution >= 4 is 46.1 Å². The zero-order chi connectivity index (χ0) is 20.9. The fourth-order valence-electron chi connectivity index (χ4n) is 4.32. The van der Waals surface area contributed by atoms with Crippen molar-refractivity contribution in [2.75, 3.05) is 44.2 Å². The molecule has 2 aliphatic heterocycles. The minimum absolute atomic E-state index is 0. The van der Waals surface area contributed by atoms with Crippen LogP contribution in [0.1, 0.15) is 46.4 Å². The number of para-hydroxylation sites is 1. The van der Waals surface area contributed by atoms with Crippen molar-refractivity contribution in [1.29, 1.82) is 0 Å². The Bertz CT molecular complexity index is 880. The maximum atomic E-state index is 12.4. The summed E-state index contributed by atoms with van der Waals surface area (Å²) in [5, 5.41) is 0.823. The molecule has 1 fully saturated rings. The third kappa shape index (κ3) is 5.48. The van der Waals surface area contributed by atoms with Crippen molar-refractivity contribution < 1.29 is 9.59 Å². The number of nitrogens with zero attached hydrogens (tertiary/aromatic N) is 3. The number of unbranched alkanes of at least 4 members (excludes halogenated alkanes) is 3. The highest BCUT2D eigenvalue weighted by Gasteiger charge is 2.34. The summed E-state index contributed by atoms with van der Waals surface area (Å²) >= 11 is 6.32. The molecule has 2 aromatic rings. The summed E-state index contributed by atoms with van der Waals surface area (Å²) in [5.41, 5.74) is 2.21. The van der Waals surface area contributed by atoms with Crippen molar-refractivity contribution in [2.24, 2.45) is 0 Å². The van der Waals surface area contributed by atoms with Gasteiger partial charge < -0.3 is 4.90 Å². The minimum atomic E-state index is -0.146. The molecule has 0 aromatic heterocycles. The average Bonchev–Trinajstić information content (AvgIpc) is 3.02. The predicted octanol–water partition coefficient (Wildman–Crippen LogP) is 4.90. The fourth-order valence-corrected chi connectivity index (χ4v) is 4.58.